The minimum Gasteiger partial charge on any atom is -0.398 e. The topological polar surface area (TPSA) is 69.6 Å². The minimum absolute atomic E-state index is 0.679. The van der Waals surface area contributed by atoms with Crippen LogP contribution in [0.1, 0.15) is 12.5 Å². The van der Waals surface area contributed by atoms with Crippen molar-refractivity contribution in [2.45, 2.75) is 6.92 Å². The predicted octanol–water partition coefficient (Wildman–Crippen LogP) is 5.51. The molecule has 5 rings (SSSR count). The lowest BCUT2D eigenvalue weighted by molar-refractivity contribution is 1.10. The average molecular weight is 403 g/mol. The van der Waals surface area contributed by atoms with Crippen molar-refractivity contribution in [2.24, 2.45) is 5.73 Å². The van der Waals surface area contributed by atoms with Crippen LogP contribution in [0.3, 0.4) is 0 Å². The summed E-state index contributed by atoms with van der Waals surface area (Å²) >= 11 is 0. The van der Waals surface area contributed by atoms with Crippen LogP contribution in [-0.2, 0) is 0 Å². The smallest absolute Gasteiger partial charge is 0.146 e. The van der Waals surface area contributed by atoms with Gasteiger partial charge in [0.15, 0.2) is 0 Å². The van der Waals surface area contributed by atoms with Crippen LogP contribution in [0.5, 0.6) is 0 Å². The van der Waals surface area contributed by atoms with Gasteiger partial charge in [0.1, 0.15) is 11.3 Å². The van der Waals surface area contributed by atoms with Gasteiger partial charge in [-0.1, -0.05) is 18.2 Å². The number of allylic oxidation sites excluding steroid dienone is 3. The van der Waals surface area contributed by atoms with E-state index in [-0.39, 0.29) is 0 Å². The highest BCUT2D eigenvalue weighted by Crippen LogP contribution is 2.32. The molecule has 0 aliphatic heterocycles. The first-order valence-corrected chi connectivity index (χ1v) is 10.1. The van der Waals surface area contributed by atoms with Gasteiger partial charge in [-0.2, -0.15) is 0 Å². The van der Waals surface area contributed by atoms with Gasteiger partial charge < -0.3 is 5.73 Å². The van der Waals surface area contributed by atoms with Crippen molar-refractivity contribution in [3.05, 3.63) is 103 Å². The van der Waals surface area contributed by atoms with E-state index in [4.69, 9.17) is 5.73 Å². The Kier molecular flexibility index (Phi) is 4.77. The molecular formula is C26H21N5. The van der Waals surface area contributed by atoms with Crippen LogP contribution in [0.2, 0.25) is 0 Å². The SMILES string of the molecule is C/C=C\C=C(/N)c1cc(-c2ccccn2)cc(-n2c3ncccc3c3cccnc32)c1. The van der Waals surface area contributed by atoms with Gasteiger partial charge in [-0.05, 0) is 67.6 Å². The van der Waals surface area contributed by atoms with E-state index in [1.54, 1.807) is 6.20 Å². The molecule has 2 N–H and O–H groups in total. The Morgan fingerprint density at radius 1 is 0.839 bits per heavy atom. The summed E-state index contributed by atoms with van der Waals surface area (Å²) < 4.78 is 2.09. The van der Waals surface area contributed by atoms with E-state index in [0.717, 1.165) is 44.6 Å². The molecule has 0 spiro atoms. The predicted molar refractivity (Wildman–Crippen MR) is 127 cm³/mol. The first kappa shape index (κ1) is 18.8. The van der Waals surface area contributed by atoms with Crippen LogP contribution in [0, 0.1) is 0 Å². The molecule has 5 nitrogen and oxygen atoms in total. The third-order valence-corrected chi connectivity index (χ3v) is 5.23. The van der Waals surface area contributed by atoms with Crippen LogP contribution in [-0.4, -0.2) is 19.5 Å². The van der Waals surface area contributed by atoms with Crippen molar-refractivity contribution in [3.8, 4) is 16.9 Å². The maximum absolute atomic E-state index is 6.42. The number of aromatic nitrogens is 4. The number of pyridine rings is 3. The van der Waals surface area contributed by atoms with Crippen LogP contribution >= 0.6 is 0 Å². The molecule has 0 amide bonds. The first-order chi connectivity index (χ1) is 15.3. The number of hydrogen-bond donors (Lipinski definition) is 1. The molecule has 31 heavy (non-hydrogen) atoms. The number of fused-ring (bicyclic) bond motifs is 3. The molecule has 5 aromatic rings. The van der Waals surface area contributed by atoms with Gasteiger partial charge in [-0.25, -0.2) is 9.97 Å². The summed E-state index contributed by atoms with van der Waals surface area (Å²) in [5.74, 6) is 0. The van der Waals surface area contributed by atoms with E-state index in [9.17, 15) is 0 Å². The Balaban J connectivity index is 1.84. The molecule has 4 heterocycles. The fraction of sp³-hybridized carbons (Fsp3) is 0.0385. The molecule has 1 aromatic carbocycles. The summed E-state index contributed by atoms with van der Waals surface area (Å²) in [4.78, 5) is 13.9. The van der Waals surface area contributed by atoms with Gasteiger partial charge in [-0.15, -0.1) is 0 Å². The van der Waals surface area contributed by atoms with E-state index in [1.807, 2.05) is 67.9 Å². The number of hydrogen-bond acceptors (Lipinski definition) is 4. The van der Waals surface area contributed by atoms with Gasteiger partial charge in [0, 0.05) is 46.2 Å². The lowest BCUT2D eigenvalue weighted by Crippen LogP contribution is -2.02. The van der Waals surface area contributed by atoms with Crippen molar-refractivity contribution in [2.75, 3.05) is 0 Å². The molecule has 0 aliphatic carbocycles. The van der Waals surface area contributed by atoms with Gasteiger partial charge in [0.25, 0.3) is 0 Å². The summed E-state index contributed by atoms with van der Waals surface area (Å²) in [7, 11) is 0. The molecule has 0 aliphatic rings. The summed E-state index contributed by atoms with van der Waals surface area (Å²) in [5, 5.41) is 2.13. The second kappa shape index (κ2) is 7.88. The molecule has 0 bridgehead atoms. The zero-order chi connectivity index (χ0) is 21.2. The van der Waals surface area contributed by atoms with Crippen LogP contribution in [0.4, 0.5) is 0 Å². The minimum atomic E-state index is 0.679. The second-order valence-corrected chi connectivity index (χ2v) is 7.22. The first-order valence-electron chi connectivity index (χ1n) is 10.1. The highest BCUT2D eigenvalue weighted by Gasteiger charge is 2.16. The zero-order valence-electron chi connectivity index (χ0n) is 17.1. The lowest BCUT2D eigenvalue weighted by atomic mass is 10.0. The Bertz CT molecular complexity index is 1390. The second-order valence-electron chi connectivity index (χ2n) is 7.22. The standard InChI is InChI=1S/C26H21N5/c1-2-3-10-23(27)18-15-19(24-11-4-5-12-28-24)17-20(16-18)31-25-21(8-6-13-29-25)22-9-7-14-30-26(22)31/h2-17H,27H2,1H3/b3-2-,23-10-. The van der Waals surface area contributed by atoms with E-state index in [0.29, 0.717) is 5.70 Å². The quantitative estimate of drug-likeness (QED) is 0.402. The number of nitrogens with two attached hydrogens (primary N) is 1. The molecule has 0 unspecified atom stereocenters. The molecule has 0 saturated carbocycles. The van der Waals surface area contributed by atoms with Crippen molar-refractivity contribution in [1.82, 2.24) is 19.5 Å². The maximum atomic E-state index is 6.42. The lowest BCUT2D eigenvalue weighted by Gasteiger charge is -2.12. The van der Waals surface area contributed by atoms with Crippen LogP contribution in [0.15, 0.2) is 97.5 Å². The maximum Gasteiger partial charge on any atom is 0.146 e. The van der Waals surface area contributed by atoms with Crippen molar-refractivity contribution >= 4 is 27.8 Å². The van der Waals surface area contributed by atoms with E-state index in [2.05, 4.69) is 49.9 Å². The summed E-state index contributed by atoms with van der Waals surface area (Å²) in [6, 6.07) is 20.2. The monoisotopic (exact) mass is 403 g/mol. The third-order valence-electron chi connectivity index (χ3n) is 5.23. The van der Waals surface area contributed by atoms with E-state index >= 15 is 0 Å². The average Bonchev–Trinajstić information content (AvgIpc) is 3.17. The fourth-order valence-corrected chi connectivity index (χ4v) is 3.80. The van der Waals surface area contributed by atoms with Gasteiger partial charge in [0.05, 0.1) is 11.4 Å². The molecule has 0 fully saturated rings. The fourth-order valence-electron chi connectivity index (χ4n) is 3.80. The van der Waals surface area contributed by atoms with Gasteiger partial charge in [-0.3, -0.25) is 9.55 Å². The zero-order valence-corrected chi connectivity index (χ0v) is 17.1. The largest absolute Gasteiger partial charge is 0.398 e. The normalized spacial score (nSPS) is 12.2. The number of benzene rings is 1. The molecule has 5 heteroatoms. The summed E-state index contributed by atoms with van der Waals surface area (Å²) in [5.41, 5.74) is 12.5. The highest BCUT2D eigenvalue weighted by molar-refractivity contribution is 6.06. The van der Waals surface area contributed by atoms with Crippen molar-refractivity contribution < 1.29 is 0 Å². The summed E-state index contributed by atoms with van der Waals surface area (Å²) in [6.45, 7) is 1.97. The molecule has 150 valence electrons. The van der Waals surface area contributed by atoms with Crippen molar-refractivity contribution in [1.29, 1.82) is 0 Å². The van der Waals surface area contributed by atoms with Crippen LogP contribution in [0.25, 0.3) is 44.7 Å². The highest BCUT2D eigenvalue weighted by atomic mass is 15.1. The van der Waals surface area contributed by atoms with Gasteiger partial charge in [0.2, 0.25) is 0 Å². The summed E-state index contributed by atoms with van der Waals surface area (Å²) in [6.07, 6.45) is 11.2. The van der Waals surface area contributed by atoms with E-state index in [1.165, 1.54) is 0 Å². The van der Waals surface area contributed by atoms with Crippen molar-refractivity contribution in [3.63, 3.8) is 0 Å². The molecule has 0 saturated heterocycles. The van der Waals surface area contributed by atoms with Crippen LogP contribution < -0.4 is 5.73 Å². The Morgan fingerprint density at radius 2 is 1.55 bits per heavy atom. The Hall–Kier alpha value is -4.25. The van der Waals surface area contributed by atoms with Gasteiger partial charge >= 0.3 is 0 Å². The molecule has 0 radical (unpaired) electrons. The molecule has 0 atom stereocenters. The third kappa shape index (κ3) is 3.36. The number of rotatable bonds is 4. The Morgan fingerprint density at radius 3 is 2.19 bits per heavy atom. The molecule has 4 aromatic heterocycles. The number of nitrogens with zero attached hydrogens (tertiary/aromatic N) is 4. The Labute approximate surface area is 180 Å². The molecular weight excluding hydrogens is 382 g/mol. The van der Waals surface area contributed by atoms with E-state index < -0.39 is 0 Å².